The molecule has 0 aliphatic carbocycles. The van der Waals surface area contributed by atoms with E-state index in [1.807, 2.05) is 19.2 Å². The molecule has 24 heavy (non-hydrogen) atoms. The van der Waals surface area contributed by atoms with Gasteiger partial charge in [0, 0.05) is 19.4 Å². The van der Waals surface area contributed by atoms with Gasteiger partial charge in [-0.3, -0.25) is 4.90 Å². The second-order valence-corrected chi connectivity index (χ2v) is 8.21. The number of furan rings is 1. The molecule has 1 fully saturated rings. The average molecular weight is 353 g/mol. The molecule has 0 N–H and O–H groups in total. The fourth-order valence-electron chi connectivity index (χ4n) is 3.00. The average Bonchev–Trinajstić information content (AvgIpc) is 3.21. The van der Waals surface area contributed by atoms with Gasteiger partial charge in [-0.05, 0) is 32.0 Å². The highest BCUT2D eigenvalue weighted by molar-refractivity contribution is 7.90. The van der Waals surface area contributed by atoms with Gasteiger partial charge in [-0.1, -0.05) is 0 Å². The molecule has 0 amide bonds. The van der Waals surface area contributed by atoms with Gasteiger partial charge in [0.1, 0.15) is 5.76 Å². The number of hydrogen-bond donors (Lipinski definition) is 0. The van der Waals surface area contributed by atoms with Crippen LogP contribution in [0.4, 0.5) is 0 Å². The van der Waals surface area contributed by atoms with Crippen LogP contribution in [0.3, 0.4) is 0 Å². The van der Waals surface area contributed by atoms with Crippen LogP contribution in [0, 0.1) is 0 Å². The zero-order valence-corrected chi connectivity index (χ0v) is 14.8. The topological polar surface area (TPSA) is 77.6 Å². The lowest BCUT2D eigenvalue weighted by atomic mass is 10.2. The van der Waals surface area contributed by atoms with Crippen molar-refractivity contribution in [2.24, 2.45) is 0 Å². The number of aromatic nitrogens is 2. The minimum Gasteiger partial charge on any atom is -0.468 e. The Balaban J connectivity index is 1.79. The lowest BCUT2D eigenvalue weighted by Crippen LogP contribution is -2.24. The number of ether oxygens (including phenoxy) is 1. The van der Waals surface area contributed by atoms with Crippen molar-refractivity contribution in [1.82, 2.24) is 14.5 Å². The molecule has 0 bridgehead atoms. The van der Waals surface area contributed by atoms with E-state index < -0.39 is 9.84 Å². The SMILES string of the molecule is CN(Cc1ccco1)Cc1cnc(S(C)(=O)=O)n1C[C@@H]1CCCO1. The molecule has 0 saturated carbocycles. The quantitative estimate of drug-likeness (QED) is 0.754. The Bertz CT molecular complexity index is 761. The largest absolute Gasteiger partial charge is 0.468 e. The van der Waals surface area contributed by atoms with Crippen molar-refractivity contribution < 1.29 is 17.6 Å². The van der Waals surface area contributed by atoms with Crippen molar-refractivity contribution in [3.8, 4) is 0 Å². The van der Waals surface area contributed by atoms with E-state index in [0.29, 0.717) is 19.6 Å². The van der Waals surface area contributed by atoms with Gasteiger partial charge >= 0.3 is 0 Å². The highest BCUT2D eigenvalue weighted by Crippen LogP contribution is 2.20. The molecule has 7 nitrogen and oxygen atoms in total. The summed E-state index contributed by atoms with van der Waals surface area (Å²) in [5, 5.41) is 0.111. The third-order valence-corrected chi connectivity index (χ3v) is 5.07. The van der Waals surface area contributed by atoms with Crippen LogP contribution in [-0.2, 0) is 34.2 Å². The lowest BCUT2D eigenvalue weighted by molar-refractivity contribution is 0.0933. The van der Waals surface area contributed by atoms with Gasteiger partial charge < -0.3 is 13.7 Å². The number of nitrogens with zero attached hydrogens (tertiary/aromatic N) is 3. The van der Waals surface area contributed by atoms with E-state index in [9.17, 15) is 8.42 Å². The molecule has 2 aromatic rings. The Morgan fingerprint density at radius 2 is 2.25 bits per heavy atom. The zero-order valence-electron chi connectivity index (χ0n) is 14.0. The van der Waals surface area contributed by atoms with E-state index in [1.165, 1.54) is 6.26 Å². The Morgan fingerprint density at radius 1 is 1.42 bits per heavy atom. The Hall–Kier alpha value is -1.64. The molecule has 8 heteroatoms. The first-order valence-electron chi connectivity index (χ1n) is 8.00. The summed E-state index contributed by atoms with van der Waals surface area (Å²) in [7, 11) is -1.42. The van der Waals surface area contributed by atoms with Gasteiger partial charge in [0.25, 0.3) is 0 Å². The summed E-state index contributed by atoms with van der Waals surface area (Å²) in [4.78, 5) is 6.21. The molecule has 0 radical (unpaired) electrons. The van der Waals surface area contributed by atoms with Crippen LogP contribution in [0.25, 0.3) is 0 Å². The summed E-state index contributed by atoms with van der Waals surface area (Å²) in [5.41, 5.74) is 0.861. The minimum absolute atomic E-state index is 0.0498. The van der Waals surface area contributed by atoms with E-state index >= 15 is 0 Å². The van der Waals surface area contributed by atoms with Crippen LogP contribution in [0.15, 0.2) is 34.2 Å². The van der Waals surface area contributed by atoms with Crippen molar-refractivity contribution in [3.63, 3.8) is 0 Å². The highest BCUT2D eigenvalue weighted by atomic mass is 32.2. The first-order valence-corrected chi connectivity index (χ1v) is 9.89. The van der Waals surface area contributed by atoms with Crippen LogP contribution >= 0.6 is 0 Å². The number of imidazole rings is 1. The molecule has 0 aromatic carbocycles. The predicted molar refractivity (Wildman–Crippen MR) is 88.2 cm³/mol. The summed E-state index contributed by atoms with van der Waals surface area (Å²) in [5.74, 6) is 0.867. The molecular weight excluding hydrogens is 330 g/mol. The molecule has 1 saturated heterocycles. The van der Waals surface area contributed by atoms with Crippen molar-refractivity contribution in [2.75, 3.05) is 19.9 Å². The van der Waals surface area contributed by atoms with Gasteiger partial charge in [0.05, 0.1) is 37.3 Å². The molecule has 1 aliphatic heterocycles. The smallest absolute Gasteiger partial charge is 0.227 e. The molecule has 0 spiro atoms. The predicted octanol–water partition coefficient (Wildman–Crippen LogP) is 1.69. The van der Waals surface area contributed by atoms with E-state index in [4.69, 9.17) is 9.15 Å². The first-order chi connectivity index (χ1) is 11.4. The summed E-state index contributed by atoms with van der Waals surface area (Å²) in [6.45, 7) is 2.48. The third kappa shape index (κ3) is 4.06. The van der Waals surface area contributed by atoms with Gasteiger partial charge in [-0.25, -0.2) is 13.4 Å². The van der Waals surface area contributed by atoms with Crippen LogP contribution in [0.1, 0.15) is 24.3 Å². The van der Waals surface area contributed by atoms with Crippen molar-refractivity contribution in [2.45, 2.75) is 43.7 Å². The van der Waals surface area contributed by atoms with Crippen LogP contribution in [-0.4, -0.2) is 48.9 Å². The van der Waals surface area contributed by atoms with E-state index in [1.54, 1.807) is 17.0 Å². The van der Waals surface area contributed by atoms with Gasteiger partial charge in [-0.2, -0.15) is 0 Å². The molecule has 3 rings (SSSR count). The Labute approximate surface area is 142 Å². The van der Waals surface area contributed by atoms with Gasteiger partial charge in [0.2, 0.25) is 15.0 Å². The van der Waals surface area contributed by atoms with Crippen LogP contribution < -0.4 is 0 Å². The van der Waals surface area contributed by atoms with Crippen LogP contribution in [0.2, 0.25) is 0 Å². The monoisotopic (exact) mass is 353 g/mol. The van der Waals surface area contributed by atoms with Crippen molar-refractivity contribution in [3.05, 3.63) is 36.0 Å². The van der Waals surface area contributed by atoms with Crippen LogP contribution in [0.5, 0.6) is 0 Å². The van der Waals surface area contributed by atoms with E-state index in [2.05, 4.69) is 9.88 Å². The summed E-state index contributed by atoms with van der Waals surface area (Å²) < 4.78 is 36.9. The van der Waals surface area contributed by atoms with Crippen molar-refractivity contribution >= 4 is 9.84 Å². The highest BCUT2D eigenvalue weighted by Gasteiger charge is 2.24. The third-order valence-electron chi connectivity index (χ3n) is 4.08. The fourth-order valence-corrected chi connectivity index (χ4v) is 3.84. The second kappa shape index (κ2) is 7.08. The molecular formula is C16H23N3O4S. The maximum absolute atomic E-state index is 12.0. The second-order valence-electron chi connectivity index (χ2n) is 6.30. The number of sulfone groups is 1. The normalized spacial score (nSPS) is 18.5. The molecule has 0 unspecified atom stereocenters. The lowest BCUT2D eigenvalue weighted by Gasteiger charge is -2.19. The summed E-state index contributed by atoms with van der Waals surface area (Å²) in [6, 6.07) is 3.77. The maximum Gasteiger partial charge on any atom is 0.227 e. The van der Waals surface area contributed by atoms with Crippen molar-refractivity contribution in [1.29, 1.82) is 0 Å². The minimum atomic E-state index is -3.38. The Morgan fingerprint density at radius 3 is 2.88 bits per heavy atom. The van der Waals surface area contributed by atoms with E-state index in [0.717, 1.165) is 30.9 Å². The van der Waals surface area contributed by atoms with Gasteiger partial charge in [0.15, 0.2) is 0 Å². The molecule has 132 valence electrons. The fraction of sp³-hybridized carbons (Fsp3) is 0.562. The van der Waals surface area contributed by atoms with E-state index in [-0.39, 0.29) is 11.3 Å². The zero-order chi connectivity index (χ0) is 17.2. The van der Waals surface area contributed by atoms with Gasteiger partial charge in [-0.15, -0.1) is 0 Å². The molecule has 3 heterocycles. The summed E-state index contributed by atoms with van der Waals surface area (Å²) in [6.07, 6.45) is 6.49. The number of hydrogen-bond acceptors (Lipinski definition) is 6. The maximum atomic E-state index is 12.0. The summed E-state index contributed by atoms with van der Waals surface area (Å²) >= 11 is 0. The number of rotatable bonds is 7. The molecule has 2 aromatic heterocycles. The molecule has 1 aliphatic rings. The Kier molecular flexibility index (Phi) is 5.07. The standard InChI is InChI=1S/C16H23N3O4S/c1-18(11-14-5-3-7-22-14)10-13-9-17-16(24(2,20)21)19(13)12-15-6-4-8-23-15/h3,5,7,9,15H,4,6,8,10-12H2,1-2H3/t15-/m0/s1. The molecule has 1 atom stereocenters. The first kappa shape index (κ1) is 17.2.